The van der Waals surface area contributed by atoms with Crippen LogP contribution in [0.15, 0.2) is 18.2 Å². The van der Waals surface area contributed by atoms with Crippen LogP contribution >= 0.6 is 0 Å². The van der Waals surface area contributed by atoms with E-state index in [0.29, 0.717) is 11.3 Å². The van der Waals surface area contributed by atoms with E-state index in [1.54, 1.807) is 19.1 Å². The van der Waals surface area contributed by atoms with Crippen LogP contribution < -0.4 is 5.32 Å². The van der Waals surface area contributed by atoms with Gasteiger partial charge in [0.25, 0.3) is 0 Å². The summed E-state index contributed by atoms with van der Waals surface area (Å²) in [6.45, 7) is 4.52. The molecule has 5 heteroatoms. The molecule has 1 aromatic carbocycles. The predicted molar refractivity (Wildman–Crippen MR) is 78.9 cm³/mol. The molecule has 112 valence electrons. The van der Waals surface area contributed by atoms with Gasteiger partial charge >= 0.3 is 0 Å². The Morgan fingerprint density at radius 3 is 2.75 bits per heavy atom. The predicted octanol–water partition coefficient (Wildman–Crippen LogP) is 2.61. The summed E-state index contributed by atoms with van der Waals surface area (Å²) in [6.07, 6.45) is 1.47. The third-order valence-electron chi connectivity index (χ3n) is 3.94. The Morgan fingerprint density at radius 1 is 1.45 bits per heavy atom. The molecule has 2 atom stereocenters. The van der Waals surface area contributed by atoms with Crippen molar-refractivity contribution in [3.05, 3.63) is 35.1 Å². The van der Waals surface area contributed by atoms with Crippen molar-refractivity contribution >= 4 is 9.84 Å². The Bertz CT molecular complexity index is 571. The molecule has 20 heavy (non-hydrogen) atoms. The van der Waals surface area contributed by atoms with Crippen molar-refractivity contribution in [2.75, 3.05) is 18.1 Å². The second-order valence-corrected chi connectivity index (χ2v) is 7.85. The highest BCUT2D eigenvalue weighted by atomic mass is 32.2. The second kappa shape index (κ2) is 6.22. The van der Waals surface area contributed by atoms with Gasteiger partial charge in [0, 0.05) is 6.04 Å². The molecular weight excluding hydrogens is 277 g/mol. The van der Waals surface area contributed by atoms with Crippen molar-refractivity contribution in [3.63, 3.8) is 0 Å². The molecule has 0 radical (unpaired) electrons. The van der Waals surface area contributed by atoms with Gasteiger partial charge in [0.05, 0.1) is 11.5 Å². The number of aryl methyl sites for hydroxylation is 1. The maximum Gasteiger partial charge on any atom is 0.150 e. The van der Waals surface area contributed by atoms with Crippen LogP contribution in [0, 0.1) is 18.7 Å². The van der Waals surface area contributed by atoms with E-state index in [9.17, 15) is 12.8 Å². The maximum absolute atomic E-state index is 13.7. The van der Waals surface area contributed by atoms with Gasteiger partial charge in [-0.05, 0) is 49.4 Å². The Balaban J connectivity index is 2.12. The van der Waals surface area contributed by atoms with Crippen molar-refractivity contribution in [2.45, 2.75) is 32.7 Å². The molecule has 2 unspecified atom stereocenters. The molecule has 0 aromatic heterocycles. The monoisotopic (exact) mass is 299 g/mol. The van der Waals surface area contributed by atoms with Gasteiger partial charge in [0.1, 0.15) is 5.82 Å². The number of halogens is 1. The molecule has 2 rings (SSSR count). The number of hydrogen-bond donors (Lipinski definition) is 1. The molecule has 1 heterocycles. The van der Waals surface area contributed by atoms with Gasteiger partial charge in [-0.2, -0.15) is 0 Å². The van der Waals surface area contributed by atoms with Crippen molar-refractivity contribution in [1.82, 2.24) is 5.32 Å². The van der Waals surface area contributed by atoms with Crippen LogP contribution in [0.25, 0.3) is 0 Å². The van der Waals surface area contributed by atoms with E-state index in [0.717, 1.165) is 24.9 Å². The number of hydrogen-bond acceptors (Lipinski definition) is 3. The van der Waals surface area contributed by atoms with E-state index in [1.807, 2.05) is 13.0 Å². The Kier molecular flexibility index (Phi) is 4.81. The van der Waals surface area contributed by atoms with E-state index in [1.165, 1.54) is 0 Å². The first kappa shape index (κ1) is 15.4. The van der Waals surface area contributed by atoms with Gasteiger partial charge in [-0.15, -0.1) is 0 Å². The van der Waals surface area contributed by atoms with E-state index >= 15 is 0 Å². The van der Waals surface area contributed by atoms with Gasteiger partial charge in [-0.3, -0.25) is 0 Å². The summed E-state index contributed by atoms with van der Waals surface area (Å²) in [6, 6.07) is 5.29. The van der Waals surface area contributed by atoms with Crippen LogP contribution in [-0.4, -0.2) is 26.5 Å². The van der Waals surface area contributed by atoms with E-state index in [4.69, 9.17) is 0 Å². The molecule has 1 N–H and O–H groups in total. The summed E-state index contributed by atoms with van der Waals surface area (Å²) in [7, 11) is -2.85. The van der Waals surface area contributed by atoms with Gasteiger partial charge < -0.3 is 5.32 Å². The summed E-state index contributed by atoms with van der Waals surface area (Å²) in [5.41, 5.74) is 1.53. The van der Waals surface area contributed by atoms with Gasteiger partial charge in [0.15, 0.2) is 9.84 Å². The van der Waals surface area contributed by atoms with Crippen molar-refractivity contribution in [3.8, 4) is 0 Å². The summed E-state index contributed by atoms with van der Waals surface area (Å²) in [4.78, 5) is 0. The van der Waals surface area contributed by atoms with Gasteiger partial charge in [-0.1, -0.05) is 19.1 Å². The van der Waals surface area contributed by atoms with Crippen LogP contribution in [0.1, 0.15) is 36.9 Å². The molecule has 0 bridgehead atoms. The number of benzene rings is 1. The molecule has 0 aliphatic carbocycles. The van der Waals surface area contributed by atoms with Crippen LogP contribution in [-0.2, 0) is 9.84 Å². The summed E-state index contributed by atoms with van der Waals surface area (Å²) < 4.78 is 36.8. The van der Waals surface area contributed by atoms with Crippen LogP contribution in [0.4, 0.5) is 4.39 Å². The van der Waals surface area contributed by atoms with Crippen LogP contribution in [0.5, 0.6) is 0 Å². The standard InChI is InChI=1S/C15H22FNO2S/c1-3-17-15(8-12-6-7-20(18,19)10-12)13-5-4-11(2)14(16)9-13/h4-5,9,12,15,17H,3,6-8,10H2,1-2H3. The van der Waals surface area contributed by atoms with Crippen molar-refractivity contribution in [2.24, 2.45) is 5.92 Å². The zero-order chi connectivity index (χ0) is 14.8. The lowest BCUT2D eigenvalue weighted by atomic mass is 9.93. The molecule has 3 nitrogen and oxygen atoms in total. The minimum Gasteiger partial charge on any atom is -0.310 e. The summed E-state index contributed by atoms with van der Waals surface area (Å²) in [5, 5.41) is 3.34. The molecule has 1 fully saturated rings. The number of sulfone groups is 1. The lowest BCUT2D eigenvalue weighted by Gasteiger charge is -2.21. The fourth-order valence-corrected chi connectivity index (χ4v) is 4.68. The number of rotatable bonds is 5. The quantitative estimate of drug-likeness (QED) is 0.909. The van der Waals surface area contributed by atoms with Gasteiger partial charge in [-0.25, -0.2) is 12.8 Å². The largest absolute Gasteiger partial charge is 0.310 e. The van der Waals surface area contributed by atoms with E-state index in [2.05, 4.69) is 5.32 Å². The normalized spacial score (nSPS) is 22.9. The summed E-state index contributed by atoms with van der Waals surface area (Å²) >= 11 is 0. The topological polar surface area (TPSA) is 46.2 Å². The minimum atomic E-state index is -2.85. The third kappa shape index (κ3) is 3.79. The highest BCUT2D eigenvalue weighted by Crippen LogP contribution is 2.29. The lowest BCUT2D eigenvalue weighted by Crippen LogP contribution is -2.24. The lowest BCUT2D eigenvalue weighted by molar-refractivity contribution is 0.420. The molecular formula is C15H22FNO2S. The molecule has 1 aliphatic heterocycles. The number of nitrogens with one attached hydrogen (secondary N) is 1. The maximum atomic E-state index is 13.7. The zero-order valence-corrected chi connectivity index (χ0v) is 12.8. The van der Waals surface area contributed by atoms with Gasteiger partial charge in [0.2, 0.25) is 0 Å². The third-order valence-corrected chi connectivity index (χ3v) is 5.78. The highest BCUT2D eigenvalue weighted by Gasteiger charge is 2.30. The fourth-order valence-electron chi connectivity index (χ4n) is 2.80. The zero-order valence-electron chi connectivity index (χ0n) is 12.0. The van der Waals surface area contributed by atoms with Crippen LogP contribution in [0.3, 0.4) is 0 Å². The first-order valence-corrected chi connectivity index (χ1v) is 8.93. The molecule has 1 aromatic rings. The highest BCUT2D eigenvalue weighted by molar-refractivity contribution is 7.91. The first-order valence-electron chi connectivity index (χ1n) is 7.11. The average Bonchev–Trinajstić information content (AvgIpc) is 2.72. The minimum absolute atomic E-state index is 0.0217. The molecule has 0 amide bonds. The molecule has 0 spiro atoms. The van der Waals surface area contributed by atoms with E-state index in [-0.39, 0.29) is 23.5 Å². The Labute approximate surface area is 120 Å². The Morgan fingerprint density at radius 2 is 2.20 bits per heavy atom. The summed E-state index contributed by atoms with van der Waals surface area (Å²) in [5.74, 6) is 0.528. The molecule has 1 saturated heterocycles. The Hall–Kier alpha value is -0.940. The van der Waals surface area contributed by atoms with E-state index < -0.39 is 9.84 Å². The first-order chi connectivity index (χ1) is 9.41. The van der Waals surface area contributed by atoms with Crippen molar-refractivity contribution in [1.29, 1.82) is 0 Å². The SMILES string of the molecule is CCNC(CC1CCS(=O)(=O)C1)c1ccc(C)c(F)c1. The molecule has 1 aliphatic rings. The second-order valence-electron chi connectivity index (χ2n) is 5.62. The average molecular weight is 299 g/mol. The van der Waals surface area contributed by atoms with Crippen LogP contribution in [0.2, 0.25) is 0 Å². The smallest absolute Gasteiger partial charge is 0.150 e. The van der Waals surface area contributed by atoms with Crippen molar-refractivity contribution < 1.29 is 12.8 Å². The molecule has 0 saturated carbocycles. The fraction of sp³-hybridized carbons (Fsp3) is 0.600.